The number of nitrogens with one attached hydrogen (secondary N) is 1. The molecule has 1 heterocycles. The Morgan fingerprint density at radius 2 is 1.69 bits per heavy atom. The summed E-state index contributed by atoms with van der Waals surface area (Å²) in [6.07, 6.45) is -4.59. The third kappa shape index (κ3) is 5.13. The van der Waals surface area contributed by atoms with E-state index in [2.05, 4.69) is 37.2 Å². The van der Waals surface area contributed by atoms with E-state index in [9.17, 15) is 25.5 Å². The maximum Gasteiger partial charge on any atom is 0.116 e. The number of aliphatic hydroxyl groups is 6. The van der Waals surface area contributed by atoms with Gasteiger partial charge in [0.1, 0.15) is 30.6 Å². The summed E-state index contributed by atoms with van der Waals surface area (Å²) in [4.78, 5) is 2.04. The molecule has 10 heteroatoms. The Bertz CT molecular complexity index is 704. The summed E-state index contributed by atoms with van der Waals surface area (Å²) >= 11 is 7.02. The summed E-state index contributed by atoms with van der Waals surface area (Å²) in [5, 5.41) is 63.3. The first-order valence-electron chi connectivity index (χ1n) is 9.74. The second-order valence-corrected chi connectivity index (χ2v) is 9.64. The molecule has 1 aromatic carbocycles. The van der Waals surface area contributed by atoms with Crippen LogP contribution in [-0.2, 0) is 6.54 Å². The molecular weight excluding hydrogens is 512 g/mol. The van der Waals surface area contributed by atoms with E-state index in [1.807, 2.05) is 17.0 Å². The number of aliphatic hydroxyl groups excluding tert-OH is 6. The quantitative estimate of drug-likeness (QED) is 0.278. The topological polar surface area (TPSA) is 137 Å². The highest BCUT2D eigenvalue weighted by molar-refractivity contribution is 9.11. The van der Waals surface area contributed by atoms with Crippen LogP contribution < -0.4 is 5.32 Å². The van der Waals surface area contributed by atoms with Crippen LogP contribution in [0, 0.1) is 0 Å². The lowest BCUT2D eigenvalue weighted by molar-refractivity contribution is -0.134. The molecular formula is C19H28Br2N2O6. The molecule has 8 nitrogen and oxygen atoms in total. The van der Waals surface area contributed by atoms with E-state index in [0.717, 1.165) is 33.0 Å². The van der Waals surface area contributed by atoms with E-state index < -0.39 is 37.2 Å². The molecule has 0 amide bonds. The molecule has 0 unspecified atom stereocenters. The molecule has 0 saturated heterocycles. The standard InChI is InChI=1S/C19H28Br2N2O6/c20-10-5-9-7-23(11-1-3-12(25)4-2-11)19(22-15(9)13(21)6-10)18(29)17(28)16(27)14(26)8-24/h5-6,11-12,14,16-19,22,24-29H,1-4,7-8H2/t11?,12?,14-,16-,17+,18-,19+/m1/s1. The van der Waals surface area contributed by atoms with Crippen LogP contribution in [-0.4, -0.2) is 84.9 Å². The Morgan fingerprint density at radius 1 is 1.03 bits per heavy atom. The summed E-state index contributed by atoms with van der Waals surface area (Å²) < 4.78 is 1.70. The van der Waals surface area contributed by atoms with Gasteiger partial charge in [-0.3, -0.25) is 4.90 Å². The SMILES string of the molecule is OC[C@@H](O)[C@@H](O)[C@H](O)[C@@H](O)[C@H]1Nc2c(Br)cc(Br)cc2CN1C1CCC(O)CC1. The highest BCUT2D eigenvalue weighted by Crippen LogP contribution is 2.39. The smallest absolute Gasteiger partial charge is 0.116 e. The van der Waals surface area contributed by atoms with Crippen molar-refractivity contribution < 1.29 is 30.6 Å². The van der Waals surface area contributed by atoms with Gasteiger partial charge in [-0.05, 0) is 59.3 Å². The lowest BCUT2D eigenvalue weighted by atomic mass is 9.89. The lowest BCUT2D eigenvalue weighted by Crippen LogP contribution is -2.61. The van der Waals surface area contributed by atoms with E-state index in [4.69, 9.17) is 5.11 Å². The minimum absolute atomic E-state index is 0.0727. The molecule has 164 valence electrons. The molecule has 5 atom stereocenters. The van der Waals surface area contributed by atoms with Crippen LogP contribution in [0.2, 0.25) is 0 Å². The number of hydrogen-bond donors (Lipinski definition) is 7. The van der Waals surface area contributed by atoms with E-state index in [1.54, 1.807) is 0 Å². The van der Waals surface area contributed by atoms with Gasteiger partial charge in [-0.25, -0.2) is 0 Å². The summed E-state index contributed by atoms with van der Waals surface area (Å²) in [5.74, 6) is 0. The maximum absolute atomic E-state index is 10.9. The fraction of sp³-hybridized carbons (Fsp3) is 0.684. The summed E-state index contributed by atoms with van der Waals surface area (Å²) in [6.45, 7) is -0.218. The van der Waals surface area contributed by atoms with Crippen LogP contribution in [0.5, 0.6) is 0 Å². The van der Waals surface area contributed by atoms with E-state index in [1.165, 1.54) is 0 Å². The van der Waals surface area contributed by atoms with E-state index in [-0.39, 0.29) is 12.1 Å². The van der Waals surface area contributed by atoms with Crippen LogP contribution in [0.3, 0.4) is 0 Å². The van der Waals surface area contributed by atoms with Crippen LogP contribution in [0.25, 0.3) is 0 Å². The predicted molar refractivity (Wildman–Crippen MR) is 114 cm³/mol. The number of nitrogens with zero attached hydrogens (tertiary/aromatic N) is 1. The maximum atomic E-state index is 10.9. The molecule has 1 fully saturated rings. The van der Waals surface area contributed by atoms with Crippen LogP contribution in [0.4, 0.5) is 5.69 Å². The van der Waals surface area contributed by atoms with Gasteiger partial charge in [-0.1, -0.05) is 15.9 Å². The van der Waals surface area contributed by atoms with Crippen molar-refractivity contribution in [2.45, 2.75) is 75.0 Å². The molecule has 1 aromatic rings. The first-order valence-corrected chi connectivity index (χ1v) is 11.3. The minimum Gasteiger partial charge on any atom is -0.394 e. The Kier molecular flexibility index (Phi) is 7.96. The number of anilines is 1. The molecule has 1 saturated carbocycles. The Hall–Kier alpha value is -0.300. The van der Waals surface area contributed by atoms with Crippen molar-refractivity contribution in [1.82, 2.24) is 4.90 Å². The first-order chi connectivity index (χ1) is 13.7. The fourth-order valence-corrected chi connectivity index (χ4v) is 5.62. The second-order valence-electron chi connectivity index (χ2n) is 7.87. The molecule has 7 N–H and O–H groups in total. The van der Waals surface area contributed by atoms with E-state index in [0.29, 0.717) is 19.4 Å². The molecule has 29 heavy (non-hydrogen) atoms. The van der Waals surface area contributed by atoms with Crippen LogP contribution in [0.15, 0.2) is 21.1 Å². The van der Waals surface area contributed by atoms with Crippen molar-refractivity contribution in [2.24, 2.45) is 0 Å². The molecule has 0 bridgehead atoms. The highest BCUT2D eigenvalue weighted by atomic mass is 79.9. The number of rotatable bonds is 6. The number of halogens is 2. The summed E-state index contributed by atoms with van der Waals surface area (Å²) in [7, 11) is 0. The largest absolute Gasteiger partial charge is 0.394 e. The second kappa shape index (κ2) is 9.88. The Labute approximate surface area is 186 Å². The van der Waals surface area contributed by atoms with Crippen LogP contribution >= 0.6 is 31.9 Å². The molecule has 2 aliphatic rings. The highest BCUT2D eigenvalue weighted by Gasteiger charge is 2.42. The zero-order valence-corrected chi connectivity index (χ0v) is 19.0. The van der Waals surface area contributed by atoms with Gasteiger partial charge in [0.2, 0.25) is 0 Å². The average Bonchev–Trinajstić information content (AvgIpc) is 2.71. The zero-order valence-electron chi connectivity index (χ0n) is 15.8. The van der Waals surface area contributed by atoms with Crippen LogP contribution in [0.1, 0.15) is 31.2 Å². The van der Waals surface area contributed by atoms with Crippen molar-refractivity contribution in [2.75, 3.05) is 11.9 Å². The summed E-state index contributed by atoms with van der Waals surface area (Å²) in [6, 6.07) is 3.94. The molecule has 1 aliphatic carbocycles. The molecule has 3 rings (SSSR count). The van der Waals surface area contributed by atoms with Gasteiger partial charge in [0.15, 0.2) is 0 Å². The third-order valence-corrected chi connectivity index (χ3v) is 6.96. The van der Waals surface area contributed by atoms with E-state index >= 15 is 0 Å². The molecule has 0 aromatic heterocycles. The minimum atomic E-state index is -1.69. The Balaban J connectivity index is 1.90. The van der Waals surface area contributed by atoms with Gasteiger partial charge in [0, 0.05) is 21.5 Å². The van der Waals surface area contributed by atoms with Gasteiger partial charge in [0.05, 0.1) is 18.4 Å². The fourth-order valence-electron chi connectivity index (χ4n) is 4.19. The van der Waals surface area contributed by atoms with Crippen molar-refractivity contribution in [3.63, 3.8) is 0 Å². The van der Waals surface area contributed by atoms with Gasteiger partial charge < -0.3 is 36.0 Å². The Morgan fingerprint density at radius 3 is 2.31 bits per heavy atom. The molecule has 1 aliphatic heterocycles. The monoisotopic (exact) mass is 538 g/mol. The zero-order chi connectivity index (χ0) is 21.3. The van der Waals surface area contributed by atoms with Crippen molar-refractivity contribution in [1.29, 1.82) is 0 Å². The predicted octanol–water partition coefficient (Wildman–Crippen LogP) is 0.505. The van der Waals surface area contributed by atoms with Crippen molar-refractivity contribution in [3.8, 4) is 0 Å². The van der Waals surface area contributed by atoms with Gasteiger partial charge in [-0.2, -0.15) is 0 Å². The third-order valence-electron chi connectivity index (χ3n) is 5.88. The average molecular weight is 540 g/mol. The van der Waals surface area contributed by atoms with Crippen molar-refractivity contribution >= 4 is 37.5 Å². The van der Waals surface area contributed by atoms with Gasteiger partial charge in [0.25, 0.3) is 0 Å². The van der Waals surface area contributed by atoms with Gasteiger partial charge in [-0.15, -0.1) is 0 Å². The first kappa shape index (κ1) is 23.4. The normalized spacial score (nSPS) is 29.4. The number of hydrogen-bond acceptors (Lipinski definition) is 8. The lowest BCUT2D eigenvalue weighted by Gasteiger charge is -2.47. The summed E-state index contributed by atoms with van der Waals surface area (Å²) in [5.41, 5.74) is 1.79. The number of benzene rings is 1. The molecule has 0 spiro atoms. The van der Waals surface area contributed by atoms with Gasteiger partial charge >= 0.3 is 0 Å². The van der Waals surface area contributed by atoms with Crippen molar-refractivity contribution in [3.05, 3.63) is 26.6 Å². The molecule has 0 radical (unpaired) electrons. The number of fused-ring (bicyclic) bond motifs is 1.